The van der Waals surface area contributed by atoms with Gasteiger partial charge in [0, 0.05) is 25.4 Å². The van der Waals surface area contributed by atoms with Crippen LogP contribution in [0.4, 0.5) is 0 Å². The van der Waals surface area contributed by atoms with Crippen LogP contribution in [0.2, 0.25) is 0 Å². The number of nitrogens with zero attached hydrogens (tertiary/aromatic N) is 2. The Morgan fingerprint density at radius 3 is 2.58 bits per heavy atom. The van der Waals surface area contributed by atoms with Crippen molar-refractivity contribution in [3.05, 3.63) is 54.2 Å². The smallest absolute Gasteiger partial charge is 0.218 e. The van der Waals surface area contributed by atoms with Crippen LogP contribution in [0.1, 0.15) is 18.9 Å². The zero-order valence-corrected chi connectivity index (χ0v) is 17.6. The molecule has 0 aliphatic heterocycles. The van der Waals surface area contributed by atoms with Gasteiger partial charge in [0.25, 0.3) is 0 Å². The van der Waals surface area contributed by atoms with Gasteiger partial charge in [0.1, 0.15) is 12.4 Å². The molecule has 142 valence electrons. The fourth-order valence-electron chi connectivity index (χ4n) is 2.14. The molecule has 7 heteroatoms. The summed E-state index contributed by atoms with van der Waals surface area (Å²) >= 11 is 0. The van der Waals surface area contributed by atoms with E-state index in [2.05, 4.69) is 27.5 Å². The molecule has 1 heterocycles. The number of hydrogen-bond donors (Lipinski definition) is 2. The summed E-state index contributed by atoms with van der Waals surface area (Å²) in [5, 5.41) is 6.49. The first-order valence-electron chi connectivity index (χ1n) is 8.52. The van der Waals surface area contributed by atoms with Gasteiger partial charge < -0.3 is 20.1 Å². The second-order valence-electron chi connectivity index (χ2n) is 5.33. The van der Waals surface area contributed by atoms with Crippen molar-refractivity contribution in [1.29, 1.82) is 0 Å². The summed E-state index contributed by atoms with van der Waals surface area (Å²) in [5.41, 5.74) is 0.999. The molecule has 0 aliphatic rings. The van der Waals surface area contributed by atoms with E-state index in [-0.39, 0.29) is 24.0 Å². The first kappa shape index (κ1) is 22.0. The van der Waals surface area contributed by atoms with Crippen LogP contribution in [0.15, 0.2) is 53.7 Å². The van der Waals surface area contributed by atoms with Crippen LogP contribution in [0, 0.1) is 0 Å². The summed E-state index contributed by atoms with van der Waals surface area (Å²) in [6, 6.07) is 13.6. The highest BCUT2D eigenvalue weighted by atomic mass is 127. The molecule has 0 saturated heterocycles. The molecule has 26 heavy (non-hydrogen) atoms. The molecule has 0 spiro atoms. The zero-order valence-electron chi connectivity index (χ0n) is 15.3. The van der Waals surface area contributed by atoms with E-state index in [4.69, 9.17) is 9.47 Å². The molecule has 0 fully saturated rings. The first-order chi connectivity index (χ1) is 12.3. The lowest BCUT2D eigenvalue weighted by Crippen LogP contribution is -2.39. The molecule has 0 aliphatic carbocycles. The minimum atomic E-state index is 0. The normalized spacial score (nSPS) is 10.6. The number of rotatable bonds is 9. The van der Waals surface area contributed by atoms with Gasteiger partial charge in [-0.1, -0.05) is 31.2 Å². The number of nitrogens with one attached hydrogen (secondary N) is 2. The summed E-state index contributed by atoms with van der Waals surface area (Å²) in [4.78, 5) is 8.50. The third-order valence-electron chi connectivity index (χ3n) is 3.37. The Morgan fingerprint density at radius 2 is 1.85 bits per heavy atom. The van der Waals surface area contributed by atoms with Crippen molar-refractivity contribution < 1.29 is 9.47 Å². The maximum absolute atomic E-state index is 5.67. The van der Waals surface area contributed by atoms with Crippen molar-refractivity contribution in [3.63, 3.8) is 0 Å². The van der Waals surface area contributed by atoms with Crippen molar-refractivity contribution in [1.82, 2.24) is 15.6 Å². The van der Waals surface area contributed by atoms with Crippen LogP contribution < -0.4 is 20.1 Å². The minimum Gasteiger partial charge on any atom is -0.492 e. The molecule has 2 rings (SSSR count). The molecule has 0 saturated carbocycles. The van der Waals surface area contributed by atoms with Crippen molar-refractivity contribution in [3.8, 4) is 11.6 Å². The minimum absolute atomic E-state index is 0. The predicted molar refractivity (Wildman–Crippen MR) is 116 cm³/mol. The zero-order chi connectivity index (χ0) is 17.7. The van der Waals surface area contributed by atoms with Crippen molar-refractivity contribution in [2.75, 3.05) is 26.8 Å². The maximum Gasteiger partial charge on any atom is 0.218 e. The van der Waals surface area contributed by atoms with Crippen LogP contribution in [0.25, 0.3) is 0 Å². The number of guanidine groups is 1. The van der Waals surface area contributed by atoms with E-state index in [0.717, 1.165) is 17.7 Å². The number of aliphatic imine (C=N–C) groups is 1. The van der Waals surface area contributed by atoms with E-state index in [9.17, 15) is 0 Å². The SMILES string of the molecule is CCCOc1ncccc1CNC(=NC)NCCOc1ccccc1.I. The van der Waals surface area contributed by atoms with Crippen LogP contribution in [-0.2, 0) is 6.54 Å². The second kappa shape index (κ2) is 13.2. The number of ether oxygens (including phenoxy) is 2. The van der Waals surface area contributed by atoms with Gasteiger partial charge in [-0.15, -0.1) is 24.0 Å². The quantitative estimate of drug-likeness (QED) is 0.255. The Bertz CT molecular complexity index is 653. The Balaban J connectivity index is 0.00000338. The standard InChI is InChI=1S/C19H26N4O2.HI/c1-3-13-25-18-16(8-7-11-21-18)15-23-19(20-2)22-12-14-24-17-9-5-4-6-10-17;/h4-11H,3,12-15H2,1-2H3,(H2,20,22,23);1H. The monoisotopic (exact) mass is 470 g/mol. The number of hydrogen-bond acceptors (Lipinski definition) is 4. The highest BCUT2D eigenvalue weighted by molar-refractivity contribution is 14.0. The summed E-state index contributed by atoms with van der Waals surface area (Å²) in [6.45, 7) is 4.54. The van der Waals surface area contributed by atoms with Gasteiger partial charge in [-0.05, 0) is 24.6 Å². The molecular weight excluding hydrogens is 443 g/mol. The molecule has 0 atom stereocenters. The average Bonchev–Trinajstić information content (AvgIpc) is 2.67. The van der Waals surface area contributed by atoms with E-state index < -0.39 is 0 Å². The molecule has 2 aromatic rings. The van der Waals surface area contributed by atoms with E-state index in [1.165, 1.54) is 0 Å². The summed E-state index contributed by atoms with van der Waals surface area (Å²) < 4.78 is 11.3. The number of pyridine rings is 1. The molecule has 2 N–H and O–H groups in total. The molecule has 6 nitrogen and oxygen atoms in total. The molecule has 1 aromatic carbocycles. The van der Waals surface area contributed by atoms with Crippen LogP contribution in [0.3, 0.4) is 0 Å². The Kier molecular flexibility index (Phi) is 11.2. The van der Waals surface area contributed by atoms with Crippen molar-refractivity contribution in [2.45, 2.75) is 19.9 Å². The molecule has 0 radical (unpaired) electrons. The highest BCUT2D eigenvalue weighted by Gasteiger charge is 2.05. The predicted octanol–water partition coefficient (Wildman–Crippen LogP) is 3.23. The lowest BCUT2D eigenvalue weighted by Gasteiger charge is -2.14. The fourth-order valence-corrected chi connectivity index (χ4v) is 2.14. The number of para-hydroxylation sites is 1. The maximum atomic E-state index is 5.67. The van der Waals surface area contributed by atoms with E-state index in [0.29, 0.717) is 38.1 Å². The van der Waals surface area contributed by atoms with Gasteiger partial charge in [-0.25, -0.2) is 4.98 Å². The number of benzene rings is 1. The molecule has 1 aromatic heterocycles. The largest absolute Gasteiger partial charge is 0.492 e. The van der Waals surface area contributed by atoms with Crippen LogP contribution in [0.5, 0.6) is 11.6 Å². The number of aromatic nitrogens is 1. The Hall–Kier alpha value is -2.03. The summed E-state index contributed by atoms with van der Waals surface area (Å²) in [5.74, 6) is 2.24. The van der Waals surface area contributed by atoms with Crippen LogP contribution in [-0.4, -0.2) is 37.7 Å². The Morgan fingerprint density at radius 1 is 1.04 bits per heavy atom. The highest BCUT2D eigenvalue weighted by Crippen LogP contribution is 2.14. The molecular formula is C19H27IN4O2. The second-order valence-corrected chi connectivity index (χ2v) is 5.33. The third kappa shape index (κ3) is 7.90. The lowest BCUT2D eigenvalue weighted by molar-refractivity contribution is 0.301. The van der Waals surface area contributed by atoms with Gasteiger partial charge in [0.15, 0.2) is 5.96 Å². The van der Waals surface area contributed by atoms with Gasteiger partial charge in [0.2, 0.25) is 5.88 Å². The third-order valence-corrected chi connectivity index (χ3v) is 3.37. The molecule has 0 amide bonds. The number of halogens is 1. The summed E-state index contributed by atoms with van der Waals surface area (Å²) in [6.07, 6.45) is 2.69. The van der Waals surface area contributed by atoms with Gasteiger partial charge >= 0.3 is 0 Å². The molecule has 0 unspecified atom stereocenters. The van der Waals surface area contributed by atoms with Crippen LogP contribution >= 0.6 is 24.0 Å². The van der Waals surface area contributed by atoms with Crippen molar-refractivity contribution >= 4 is 29.9 Å². The van der Waals surface area contributed by atoms with Gasteiger partial charge in [-0.2, -0.15) is 0 Å². The molecule has 0 bridgehead atoms. The van der Waals surface area contributed by atoms with E-state index >= 15 is 0 Å². The van der Waals surface area contributed by atoms with Crippen molar-refractivity contribution in [2.24, 2.45) is 4.99 Å². The Labute approximate surface area is 172 Å². The lowest BCUT2D eigenvalue weighted by atomic mass is 10.2. The van der Waals surface area contributed by atoms with Gasteiger partial charge in [-0.3, -0.25) is 4.99 Å². The average molecular weight is 470 g/mol. The van der Waals surface area contributed by atoms with E-state index in [1.807, 2.05) is 42.5 Å². The van der Waals surface area contributed by atoms with E-state index in [1.54, 1.807) is 13.2 Å². The summed E-state index contributed by atoms with van der Waals surface area (Å²) in [7, 11) is 1.74. The fraction of sp³-hybridized carbons (Fsp3) is 0.368. The van der Waals surface area contributed by atoms with Gasteiger partial charge in [0.05, 0.1) is 13.2 Å². The first-order valence-corrected chi connectivity index (χ1v) is 8.52. The topological polar surface area (TPSA) is 67.8 Å².